The molecular formula is C11H8ClN3O3. The first-order chi connectivity index (χ1) is 8.58. The Balaban J connectivity index is 2.36. The summed E-state index contributed by atoms with van der Waals surface area (Å²) >= 11 is 5.70. The van der Waals surface area contributed by atoms with Gasteiger partial charge < -0.3 is 0 Å². The Hall–Kier alpha value is -2.21. The fourth-order valence-corrected chi connectivity index (χ4v) is 1.66. The van der Waals surface area contributed by atoms with Gasteiger partial charge >= 0.3 is 0 Å². The standard InChI is InChI=1S/C11H8ClN3O3/c12-9-4-3-8(6-10(9)15(17)18)7-14-11(16)2-1-5-13-14/h1-6H,7H2. The first kappa shape index (κ1) is 12.3. The zero-order valence-electron chi connectivity index (χ0n) is 9.12. The molecule has 0 amide bonds. The Bertz CT molecular complexity index is 654. The minimum absolute atomic E-state index is 0.0668. The first-order valence-corrected chi connectivity index (χ1v) is 5.40. The largest absolute Gasteiger partial charge is 0.288 e. The maximum absolute atomic E-state index is 11.4. The molecule has 0 aliphatic carbocycles. The summed E-state index contributed by atoms with van der Waals surface area (Å²) in [5.41, 5.74) is 0.139. The number of rotatable bonds is 3. The molecule has 0 saturated heterocycles. The minimum Gasteiger partial charge on any atom is -0.268 e. The molecule has 0 atom stereocenters. The molecule has 18 heavy (non-hydrogen) atoms. The van der Waals surface area contributed by atoms with Crippen molar-refractivity contribution in [3.8, 4) is 0 Å². The Kier molecular flexibility index (Phi) is 3.38. The van der Waals surface area contributed by atoms with E-state index in [4.69, 9.17) is 11.6 Å². The molecule has 6 nitrogen and oxygen atoms in total. The predicted molar refractivity (Wildman–Crippen MR) is 65.7 cm³/mol. The van der Waals surface area contributed by atoms with Crippen LogP contribution in [-0.4, -0.2) is 14.7 Å². The van der Waals surface area contributed by atoms with Crippen LogP contribution >= 0.6 is 11.6 Å². The van der Waals surface area contributed by atoms with Gasteiger partial charge in [-0.25, -0.2) is 4.68 Å². The third kappa shape index (κ3) is 2.54. The minimum atomic E-state index is -0.562. The molecule has 2 aromatic rings. The van der Waals surface area contributed by atoms with Gasteiger partial charge in [-0.3, -0.25) is 14.9 Å². The number of halogens is 1. The molecule has 1 aromatic heterocycles. The van der Waals surface area contributed by atoms with Gasteiger partial charge in [0.25, 0.3) is 11.2 Å². The van der Waals surface area contributed by atoms with E-state index < -0.39 is 4.92 Å². The third-order valence-electron chi connectivity index (χ3n) is 2.32. The second kappa shape index (κ2) is 4.97. The van der Waals surface area contributed by atoms with E-state index >= 15 is 0 Å². The lowest BCUT2D eigenvalue weighted by molar-refractivity contribution is -0.384. The average Bonchev–Trinajstić information content (AvgIpc) is 2.34. The third-order valence-corrected chi connectivity index (χ3v) is 2.64. The van der Waals surface area contributed by atoms with E-state index in [0.29, 0.717) is 5.56 Å². The molecular weight excluding hydrogens is 258 g/mol. The number of nitro benzene ring substituents is 1. The van der Waals surface area contributed by atoms with Crippen LogP contribution in [0.25, 0.3) is 0 Å². The van der Waals surface area contributed by atoms with E-state index in [1.165, 1.54) is 35.1 Å². The van der Waals surface area contributed by atoms with Crippen LogP contribution in [0, 0.1) is 10.1 Å². The Morgan fingerprint density at radius 2 is 2.17 bits per heavy atom. The van der Waals surface area contributed by atoms with Crippen molar-refractivity contribution in [3.63, 3.8) is 0 Å². The van der Waals surface area contributed by atoms with E-state index in [1.54, 1.807) is 6.07 Å². The van der Waals surface area contributed by atoms with Crippen LogP contribution in [0.2, 0.25) is 5.02 Å². The monoisotopic (exact) mass is 265 g/mol. The molecule has 0 spiro atoms. The molecule has 1 heterocycles. The summed E-state index contributed by atoms with van der Waals surface area (Å²) in [5.74, 6) is 0. The SMILES string of the molecule is O=c1cccnn1Cc1ccc(Cl)c([N+](=O)[O-])c1. The van der Waals surface area contributed by atoms with Crippen LogP contribution in [0.5, 0.6) is 0 Å². The summed E-state index contributed by atoms with van der Waals surface area (Å²) in [6, 6.07) is 7.30. The van der Waals surface area contributed by atoms with Crippen molar-refractivity contribution in [2.45, 2.75) is 6.54 Å². The molecule has 0 aliphatic heterocycles. The van der Waals surface area contributed by atoms with Gasteiger partial charge in [-0.2, -0.15) is 5.10 Å². The molecule has 0 saturated carbocycles. The summed E-state index contributed by atoms with van der Waals surface area (Å²) < 4.78 is 1.22. The summed E-state index contributed by atoms with van der Waals surface area (Å²) in [5, 5.41) is 14.7. The van der Waals surface area contributed by atoms with Gasteiger partial charge in [-0.1, -0.05) is 17.7 Å². The maximum atomic E-state index is 11.4. The Labute approximate surface area is 107 Å². The van der Waals surface area contributed by atoms with Crippen LogP contribution in [-0.2, 0) is 6.54 Å². The lowest BCUT2D eigenvalue weighted by Crippen LogP contribution is -2.21. The molecule has 0 fully saturated rings. The number of benzene rings is 1. The van der Waals surface area contributed by atoms with Crippen molar-refractivity contribution >= 4 is 17.3 Å². The van der Waals surface area contributed by atoms with E-state index in [2.05, 4.69) is 5.10 Å². The lowest BCUT2D eigenvalue weighted by atomic mass is 10.2. The number of hydrogen-bond acceptors (Lipinski definition) is 4. The summed E-state index contributed by atoms with van der Waals surface area (Å²) in [6.45, 7) is 0.164. The van der Waals surface area contributed by atoms with E-state index in [0.717, 1.165) is 0 Å². The maximum Gasteiger partial charge on any atom is 0.288 e. The zero-order chi connectivity index (χ0) is 13.1. The summed E-state index contributed by atoms with van der Waals surface area (Å²) in [6.07, 6.45) is 1.48. The molecule has 7 heteroatoms. The van der Waals surface area contributed by atoms with Gasteiger partial charge in [0.15, 0.2) is 0 Å². The number of nitrogens with zero attached hydrogens (tertiary/aromatic N) is 3. The van der Waals surface area contributed by atoms with Crippen LogP contribution in [0.4, 0.5) is 5.69 Å². The molecule has 1 aromatic carbocycles. The first-order valence-electron chi connectivity index (χ1n) is 5.03. The second-order valence-corrected chi connectivity index (χ2v) is 3.97. The molecule has 0 radical (unpaired) electrons. The van der Waals surface area contributed by atoms with Crippen molar-refractivity contribution in [1.29, 1.82) is 0 Å². The summed E-state index contributed by atoms with van der Waals surface area (Å²) in [4.78, 5) is 21.6. The fourth-order valence-electron chi connectivity index (χ4n) is 1.48. The van der Waals surface area contributed by atoms with Crippen molar-refractivity contribution in [2.75, 3.05) is 0 Å². The van der Waals surface area contributed by atoms with Gasteiger partial charge in [0.05, 0.1) is 11.5 Å². The fraction of sp³-hybridized carbons (Fsp3) is 0.0909. The normalized spacial score (nSPS) is 10.3. The van der Waals surface area contributed by atoms with Gasteiger partial charge in [0.1, 0.15) is 5.02 Å². The lowest BCUT2D eigenvalue weighted by Gasteiger charge is -2.04. The second-order valence-electron chi connectivity index (χ2n) is 3.56. The van der Waals surface area contributed by atoms with Gasteiger partial charge in [0, 0.05) is 18.3 Å². The van der Waals surface area contributed by atoms with Crippen LogP contribution in [0.1, 0.15) is 5.56 Å². The van der Waals surface area contributed by atoms with E-state index in [-0.39, 0.29) is 22.8 Å². The van der Waals surface area contributed by atoms with Gasteiger partial charge in [-0.05, 0) is 17.7 Å². The highest BCUT2D eigenvalue weighted by Crippen LogP contribution is 2.25. The zero-order valence-corrected chi connectivity index (χ0v) is 9.87. The van der Waals surface area contributed by atoms with Crippen molar-refractivity contribution < 1.29 is 4.92 Å². The predicted octanol–water partition coefficient (Wildman–Crippen LogP) is 1.85. The molecule has 0 N–H and O–H groups in total. The van der Waals surface area contributed by atoms with Crippen molar-refractivity contribution in [2.24, 2.45) is 0 Å². The molecule has 0 bridgehead atoms. The quantitative estimate of drug-likeness (QED) is 0.627. The van der Waals surface area contributed by atoms with E-state index in [1.807, 2.05) is 0 Å². The van der Waals surface area contributed by atoms with Crippen molar-refractivity contribution in [3.05, 3.63) is 67.6 Å². The average molecular weight is 266 g/mol. The number of nitro groups is 1. The van der Waals surface area contributed by atoms with Gasteiger partial charge in [0.2, 0.25) is 0 Å². The molecule has 0 aliphatic rings. The highest BCUT2D eigenvalue weighted by atomic mass is 35.5. The van der Waals surface area contributed by atoms with E-state index in [9.17, 15) is 14.9 Å². The Morgan fingerprint density at radius 1 is 1.39 bits per heavy atom. The van der Waals surface area contributed by atoms with Crippen LogP contribution in [0.3, 0.4) is 0 Å². The number of hydrogen-bond donors (Lipinski definition) is 0. The molecule has 2 rings (SSSR count). The van der Waals surface area contributed by atoms with Gasteiger partial charge in [-0.15, -0.1) is 0 Å². The Morgan fingerprint density at radius 3 is 2.83 bits per heavy atom. The molecule has 92 valence electrons. The van der Waals surface area contributed by atoms with Crippen LogP contribution in [0.15, 0.2) is 41.3 Å². The molecule has 0 unspecified atom stereocenters. The highest BCUT2D eigenvalue weighted by Gasteiger charge is 2.13. The van der Waals surface area contributed by atoms with Crippen LogP contribution < -0.4 is 5.56 Å². The van der Waals surface area contributed by atoms with Crippen molar-refractivity contribution in [1.82, 2.24) is 9.78 Å². The highest BCUT2D eigenvalue weighted by molar-refractivity contribution is 6.32. The smallest absolute Gasteiger partial charge is 0.268 e. The summed E-state index contributed by atoms with van der Waals surface area (Å²) in [7, 11) is 0. The number of aromatic nitrogens is 2. The topological polar surface area (TPSA) is 78.0 Å².